The van der Waals surface area contributed by atoms with Crippen LogP contribution in [0.25, 0.3) is 16.9 Å². The number of carbonyl (C=O) groups excluding carboxylic acids is 1. The van der Waals surface area contributed by atoms with Gasteiger partial charge in [-0.3, -0.25) is 4.79 Å². The van der Waals surface area contributed by atoms with Crippen LogP contribution in [0.15, 0.2) is 12.1 Å². The molecule has 1 unspecified atom stereocenters. The van der Waals surface area contributed by atoms with Crippen LogP contribution in [0.4, 0.5) is 4.39 Å². The van der Waals surface area contributed by atoms with Gasteiger partial charge in [-0.25, -0.2) is 18.7 Å². The first-order chi connectivity index (χ1) is 16.4. The van der Waals surface area contributed by atoms with Crippen LogP contribution in [0.1, 0.15) is 66.2 Å². The number of halogens is 1. The summed E-state index contributed by atoms with van der Waals surface area (Å²) in [5.74, 6) is -1.98. The Balaban J connectivity index is 2.12. The minimum absolute atomic E-state index is 0.0980. The summed E-state index contributed by atoms with van der Waals surface area (Å²) in [7, 11) is 1.48. The van der Waals surface area contributed by atoms with Gasteiger partial charge in [0.05, 0.1) is 17.9 Å². The third-order valence-corrected chi connectivity index (χ3v) is 5.94. The van der Waals surface area contributed by atoms with Crippen LogP contribution in [0.5, 0.6) is 5.75 Å². The largest absolute Gasteiger partial charge is 0.490 e. The molecule has 1 atom stereocenters. The topological polar surface area (TPSA) is 115 Å². The number of aliphatic carboxylic acids is 1. The van der Waals surface area contributed by atoms with Gasteiger partial charge in [0.15, 0.2) is 29.0 Å². The number of amides is 1. The first kappa shape index (κ1) is 24.6. The molecule has 0 aliphatic carbocycles. The lowest BCUT2D eigenvalue weighted by Gasteiger charge is -2.28. The number of benzene rings is 1. The van der Waals surface area contributed by atoms with Gasteiger partial charge in [-0.1, -0.05) is 0 Å². The molecule has 0 bridgehead atoms. The van der Waals surface area contributed by atoms with E-state index in [4.69, 9.17) is 9.47 Å². The SMILES string of the molecule is CNC(=O)c1cc2nc(C)c(C(OC(C)(C)C)C(=O)O)c(-c3cc(F)c4c(c3C)CCCO4)n2n1. The summed E-state index contributed by atoms with van der Waals surface area (Å²) in [6.45, 7) is 9.20. The number of hydrogen-bond acceptors (Lipinski definition) is 6. The maximum Gasteiger partial charge on any atom is 0.337 e. The summed E-state index contributed by atoms with van der Waals surface area (Å²) in [6, 6.07) is 2.83. The Labute approximate surface area is 202 Å². The lowest BCUT2D eigenvalue weighted by Crippen LogP contribution is -2.29. The molecule has 3 aromatic rings. The molecule has 2 N–H and O–H groups in total. The van der Waals surface area contributed by atoms with Crippen molar-refractivity contribution in [2.75, 3.05) is 13.7 Å². The Morgan fingerprint density at radius 2 is 2.00 bits per heavy atom. The van der Waals surface area contributed by atoms with E-state index in [1.807, 2.05) is 6.92 Å². The van der Waals surface area contributed by atoms with Crippen molar-refractivity contribution in [1.82, 2.24) is 19.9 Å². The molecule has 1 aliphatic rings. The number of hydrogen-bond donors (Lipinski definition) is 2. The minimum Gasteiger partial charge on any atom is -0.490 e. The van der Waals surface area contributed by atoms with Crippen molar-refractivity contribution in [2.24, 2.45) is 0 Å². The number of carbonyl (C=O) groups is 2. The predicted octanol–water partition coefficient (Wildman–Crippen LogP) is 3.78. The Hall–Kier alpha value is -3.53. The zero-order valence-corrected chi connectivity index (χ0v) is 20.7. The van der Waals surface area contributed by atoms with Crippen LogP contribution in [0, 0.1) is 19.7 Å². The quantitative estimate of drug-likeness (QED) is 0.566. The summed E-state index contributed by atoms with van der Waals surface area (Å²) in [5, 5.41) is 17.1. The molecule has 1 amide bonds. The highest BCUT2D eigenvalue weighted by Crippen LogP contribution is 2.41. The van der Waals surface area contributed by atoms with E-state index in [9.17, 15) is 14.7 Å². The first-order valence-electron chi connectivity index (χ1n) is 11.4. The van der Waals surface area contributed by atoms with Crippen molar-refractivity contribution < 1.29 is 28.6 Å². The number of nitrogens with one attached hydrogen (secondary N) is 1. The molecule has 0 radical (unpaired) electrons. The molecule has 9 nitrogen and oxygen atoms in total. The number of rotatable bonds is 5. The van der Waals surface area contributed by atoms with Crippen molar-refractivity contribution in [3.8, 4) is 17.0 Å². The number of nitrogens with zero attached hydrogens (tertiary/aromatic N) is 3. The molecule has 35 heavy (non-hydrogen) atoms. The standard InChI is InChI=1S/C25H29FN4O5/c1-12-14-8-7-9-34-21(14)16(26)10-15(12)20-19(22(24(32)33)35-25(3,4)5)13(2)28-18-11-17(23(31)27-6)29-30(18)20/h10-11,22H,7-9H2,1-6H3,(H,27,31)(H,32,33). The molecule has 0 spiro atoms. The summed E-state index contributed by atoms with van der Waals surface area (Å²) >= 11 is 0. The van der Waals surface area contributed by atoms with E-state index in [2.05, 4.69) is 15.4 Å². The molecule has 10 heteroatoms. The van der Waals surface area contributed by atoms with Crippen molar-refractivity contribution >= 4 is 17.5 Å². The van der Waals surface area contributed by atoms with Crippen LogP contribution >= 0.6 is 0 Å². The number of aromatic nitrogens is 3. The maximum atomic E-state index is 15.3. The molecule has 0 saturated carbocycles. The van der Waals surface area contributed by atoms with E-state index in [0.717, 1.165) is 17.5 Å². The van der Waals surface area contributed by atoms with Gasteiger partial charge in [-0.05, 0) is 59.1 Å². The van der Waals surface area contributed by atoms with E-state index in [1.54, 1.807) is 27.7 Å². The predicted molar refractivity (Wildman–Crippen MR) is 126 cm³/mol. The molecular formula is C25H29FN4O5. The molecule has 0 saturated heterocycles. The Morgan fingerprint density at radius 1 is 1.29 bits per heavy atom. The minimum atomic E-state index is -1.41. The van der Waals surface area contributed by atoms with Crippen LogP contribution < -0.4 is 10.1 Å². The Kier molecular flexibility index (Phi) is 6.27. The van der Waals surface area contributed by atoms with Crippen LogP contribution in [-0.4, -0.2) is 50.8 Å². The van der Waals surface area contributed by atoms with Crippen molar-refractivity contribution in [3.63, 3.8) is 0 Å². The van der Waals surface area contributed by atoms with Crippen LogP contribution in [0.2, 0.25) is 0 Å². The molecule has 4 rings (SSSR count). The second-order valence-electron chi connectivity index (χ2n) is 9.58. The Bertz CT molecular complexity index is 1340. The smallest absolute Gasteiger partial charge is 0.337 e. The normalized spacial score (nSPS) is 14.4. The monoisotopic (exact) mass is 484 g/mol. The van der Waals surface area contributed by atoms with Gasteiger partial charge < -0.3 is 19.9 Å². The third kappa shape index (κ3) is 4.45. The highest BCUT2D eigenvalue weighted by molar-refractivity contribution is 5.93. The average Bonchev–Trinajstić information content (AvgIpc) is 3.21. The van der Waals surface area contributed by atoms with Gasteiger partial charge in [0.2, 0.25) is 0 Å². The summed E-state index contributed by atoms with van der Waals surface area (Å²) in [4.78, 5) is 29.3. The van der Waals surface area contributed by atoms with Crippen molar-refractivity contribution in [3.05, 3.63) is 46.0 Å². The zero-order chi connectivity index (χ0) is 25.7. The lowest BCUT2D eigenvalue weighted by molar-refractivity contribution is -0.160. The van der Waals surface area contributed by atoms with Crippen molar-refractivity contribution in [1.29, 1.82) is 0 Å². The summed E-state index contributed by atoms with van der Waals surface area (Å²) < 4.78 is 28.2. The van der Waals surface area contributed by atoms with Gasteiger partial charge in [0, 0.05) is 35.5 Å². The summed E-state index contributed by atoms with van der Waals surface area (Å²) in [5.41, 5.74) is 2.45. The second-order valence-corrected chi connectivity index (χ2v) is 9.58. The van der Waals surface area contributed by atoms with E-state index < -0.39 is 29.4 Å². The van der Waals surface area contributed by atoms with Crippen LogP contribution in [0.3, 0.4) is 0 Å². The molecule has 2 aromatic heterocycles. The lowest BCUT2D eigenvalue weighted by atomic mass is 9.91. The van der Waals surface area contributed by atoms with E-state index in [0.29, 0.717) is 35.6 Å². The maximum absolute atomic E-state index is 15.3. The Morgan fingerprint density at radius 3 is 2.63 bits per heavy atom. The number of fused-ring (bicyclic) bond motifs is 2. The van der Waals surface area contributed by atoms with Crippen LogP contribution in [-0.2, 0) is 16.0 Å². The highest BCUT2D eigenvalue weighted by Gasteiger charge is 2.34. The molecular weight excluding hydrogens is 455 g/mol. The van der Waals surface area contributed by atoms with Gasteiger partial charge in [-0.2, -0.15) is 5.10 Å². The second kappa shape index (κ2) is 8.92. The van der Waals surface area contributed by atoms with Gasteiger partial charge in [0.25, 0.3) is 5.91 Å². The highest BCUT2D eigenvalue weighted by atomic mass is 19.1. The first-order valence-corrected chi connectivity index (χ1v) is 11.4. The van der Waals surface area contributed by atoms with E-state index in [-0.39, 0.29) is 17.0 Å². The van der Waals surface area contributed by atoms with Crippen molar-refractivity contribution in [2.45, 2.75) is 59.2 Å². The molecule has 1 aliphatic heterocycles. The molecule has 1 aromatic carbocycles. The fraction of sp³-hybridized carbons (Fsp3) is 0.440. The van der Waals surface area contributed by atoms with E-state index in [1.165, 1.54) is 23.7 Å². The zero-order valence-electron chi connectivity index (χ0n) is 20.7. The van der Waals surface area contributed by atoms with E-state index >= 15 is 4.39 Å². The fourth-order valence-corrected chi connectivity index (χ4v) is 4.44. The van der Waals surface area contributed by atoms with Gasteiger partial charge >= 0.3 is 5.97 Å². The molecule has 0 fully saturated rings. The molecule has 3 heterocycles. The van der Waals surface area contributed by atoms with Gasteiger partial charge in [0.1, 0.15) is 0 Å². The fourth-order valence-electron chi connectivity index (χ4n) is 4.44. The number of ether oxygens (including phenoxy) is 2. The number of carboxylic acids is 1. The average molecular weight is 485 g/mol. The summed E-state index contributed by atoms with van der Waals surface area (Å²) in [6.07, 6.45) is -0.0518. The molecule has 186 valence electrons. The number of carboxylic acid groups (broad SMARTS) is 1. The van der Waals surface area contributed by atoms with Gasteiger partial charge in [-0.15, -0.1) is 0 Å². The number of aryl methyl sites for hydroxylation is 1. The third-order valence-electron chi connectivity index (χ3n) is 5.94.